The van der Waals surface area contributed by atoms with E-state index in [1.807, 2.05) is 31.3 Å². The van der Waals surface area contributed by atoms with Crippen molar-refractivity contribution >= 4 is 28.6 Å². The Hall–Kier alpha value is -4.14. The van der Waals surface area contributed by atoms with Crippen LogP contribution in [-0.2, 0) is 13.7 Å². The van der Waals surface area contributed by atoms with E-state index in [1.165, 1.54) is 24.3 Å². The minimum absolute atomic E-state index is 0.0174. The monoisotopic (exact) mass is 392 g/mol. The molecule has 0 bridgehead atoms. The number of para-hydroxylation sites is 2. The largest absolute Gasteiger partial charge is 0.486 e. The van der Waals surface area contributed by atoms with Crippen molar-refractivity contribution < 1.29 is 18.9 Å². The molecule has 0 aliphatic carbocycles. The normalized spacial score (nSPS) is 10.8. The number of hydrogen-bond acceptors (Lipinski definition) is 6. The first-order chi connectivity index (χ1) is 14.0. The maximum Gasteiger partial charge on any atom is 0.293 e. The summed E-state index contributed by atoms with van der Waals surface area (Å²) in [5.74, 6) is 1.01. The number of imidazole rings is 1. The van der Waals surface area contributed by atoms with E-state index >= 15 is 0 Å². The fourth-order valence-corrected chi connectivity index (χ4v) is 2.82. The molecular formula is C20H16N4O5. The van der Waals surface area contributed by atoms with Gasteiger partial charge in [0.15, 0.2) is 5.76 Å². The number of aromatic nitrogens is 2. The molecule has 0 atom stereocenters. The number of ether oxygens (including phenoxy) is 1. The van der Waals surface area contributed by atoms with Gasteiger partial charge in [0, 0.05) is 19.2 Å². The Bertz CT molecular complexity index is 1190. The number of fused-ring (bicyclic) bond motifs is 1. The molecule has 0 unspecified atom stereocenters. The fourth-order valence-electron chi connectivity index (χ4n) is 2.82. The Balaban J connectivity index is 1.40. The van der Waals surface area contributed by atoms with Gasteiger partial charge in [-0.3, -0.25) is 20.2 Å². The van der Waals surface area contributed by atoms with Crippen molar-refractivity contribution in [2.24, 2.45) is 7.05 Å². The average molecular weight is 392 g/mol. The summed E-state index contributed by atoms with van der Waals surface area (Å²) in [6, 6.07) is 16.5. The zero-order chi connectivity index (χ0) is 20.4. The molecule has 146 valence electrons. The summed E-state index contributed by atoms with van der Waals surface area (Å²) in [4.78, 5) is 27.1. The number of furan rings is 1. The molecule has 0 aliphatic rings. The molecule has 4 aromatic rings. The van der Waals surface area contributed by atoms with Crippen LogP contribution in [0.4, 0.5) is 11.6 Å². The maximum atomic E-state index is 12.5. The van der Waals surface area contributed by atoms with Gasteiger partial charge in [0.1, 0.15) is 18.1 Å². The molecule has 9 nitrogen and oxygen atoms in total. The first kappa shape index (κ1) is 18.2. The van der Waals surface area contributed by atoms with E-state index in [9.17, 15) is 14.9 Å². The summed E-state index contributed by atoms with van der Waals surface area (Å²) in [6.45, 7) is 0.0807. The van der Waals surface area contributed by atoms with Gasteiger partial charge in [-0.15, -0.1) is 0 Å². The number of anilines is 1. The molecule has 9 heteroatoms. The van der Waals surface area contributed by atoms with Gasteiger partial charge < -0.3 is 13.7 Å². The highest BCUT2D eigenvalue weighted by molar-refractivity contribution is 6.02. The molecule has 1 amide bonds. The molecule has 2 aromatic carbocycles. The molecule has 1 N–H and O–H groups in total. The number of nitro groups is 1. The van der Waals surface area contributed by atoms with Crippen LogP contribution >= 0.6 is 0 Å². The van der Waals surface area contributed by atoms with Gasteiger partial charge in [-0.25, -0.2) is 4.98 Å². The van der Waals surface area contributed by atoms with Gasteiger partial charge in [-0.2, -0.15) is 0 Å². The topological polar surface area (TPSA) is 112 Å². The van der Waals surface area contributed by atoms with E-state index in [0.717, 1.165) is 11.0 Å². The summed E-state index contributed by atoms with van der Waals surface area (Å²) in [5.41, 5.74) is 1.66. The Morgan fingerprint density at radius 3 is 2.66 bits per heavy atom. The number of benzene rings is 2. The molecule has 4 rings (SSSR count). The first-order valence-electron chi connectivity index (χ1n) is 8.70. The summed E-state index contributed by atoms with van der Waals surface area (Å²) in [7, 11) is 1.82. The van der Waals surface area contributed by atoms with Gasteiger partial charge in [-0.05, 0) is 36.4 Å². The van der Waals surface area contributed by atoms with Gasteiger partial charge in [-0.1, -0.05) is 12.1 Å². The van der Waals surface area contributed by atoms with Gasteiger partial charge in [0.05, 0.1) is 16.0 Å². The predicted molar refractivity (Wildman–Crippen MR) is 105 cm³/mol. The lowest BCUT2D eigenvalue weighted by Gasteiger charge is -2.04. The van der Waals surface area contributed by atoms with Crippen LogP contribution in [0.2, 0.25) is 0 Å². The molecule has 29 heavy (non-hydrogen) atoms. The molecule has 2 heterocycles. The predicted octanol–water partition coefficient (Wildman–Crippen LogP) is 3.91. The molecule has 0 saturated heterocycles. The number of nitrogens with zero attached hydrogens (tertiary/aromatic N) is 3. The average Bonchev–Trinajstić information content (AvgIpc) is 3.32. The van der Waals surface area contributed by atoms with E-state index in [0.29, 0.717) is 17.5 Å². The Morgan fingerprint density at radius 2 is 1.93 bits per heavy atom. The number of nitrogens with one attached hydrogen (secondary N) is 1. The maximum absolute atomic E-state index is 12.5. The molecule has 0 saturated carbocycles. The van der Waals surface area contributed by atoms with Crippen molar-refractivity contribution in [2.75, 3.05) is 5.32 Å². The lowest BCUT2D eigenvalue weighted by atomic mass is 10.3. The third kappa shape index (κ3) is 3.79. The molecule has 0 fully saturated rings. The number of carbonyl (C=O) groups excluding carboxylic acids is 1. The molecule has 0 aliphatic heterocycles. The van der Waals surface area contributed by atoms with Crippen LogP contribution in [0.3, 0.4) is 0 Å². The first-order valence-corrected chi connectivity index (χ1v) is 8.70. The van der Waals surface area contributed by atoms with Crippen LogP contribution in [0, 0.1) is 10.1 Å². The van der Waals surface area contributed by atoms with Crippen LogP contribution in [0.1, 0.15) is 16.3 Å². The number of nitro benzene ring substituents is 1. The highest BCUT2D eigenvalue weighted by atomic mass is 16.6. The van der Waals surface area contributed by atoms with E-state index in [4.69, 9.17) is 9.15 Å². The fraction of sp³-hybridized carbons (Fsp3) is 0.100. The lowest BCUT2D eigenvalue weighted by Crippen LogP contribution is -2.14. The number of aryl methyl sites for hydroxylation is 1. The summed E-state index contributed by atoms with van der Waals surface area (Å²) < 4.78 is 12.9. The third-order valence-electron chi connectivity index (χ3n) is 4.33. The molecular weight excluding hydrogens is 376 g/mol. The SMILES string of the molecule is Cn1c(NC(=O)c2ccc(COc3ccc([N+](=O)[O-])cc3)o2)nc2ccccc21. The molecule has 0 spiro atoms. The summed E-state index contributed by atoms with van der Waals surface area (Å²) >= 11 is 0. The Morgan fingerprint density at radius 1 is 1.17 bits per heavy atom. The highest BCUT2D eigenvalue weighted by Gasteiger charge is 2.16. The van der Waals surface area contributed by atoms with Gasteiger partial charge in [0.2, 0.25) is 5.95 Å². The van der Waals surface area contributed by atoms with E-state index in [2.05, 4.69) is 10.3 Å². The van der Waals surface area contributed by atoms with Crippen molar-refractivity contribution in [1.29, 1.82) is 0 Å². The van der Waals surface area contributed by atoms with Gasteiger partial charge in [0.25, 0.3) is 11.6 Å². The number of carbonyl (C=O) groups is 1. The van der Waals surface area contributed by atoms with E-state index in [-0.39, 0.29) is 18.1 Å². The van der Waals surface area contributed by atoms with Crippen molar-refractivity contribution in [1.82, 2.24) is 9.55 Å². The van der Waals surface area contributed by atoms with Crippen molar-refractivity contribution in [3.05, 3.63) is 82.3 Å². The van der Waals surface area contributed by atoms with Crippen molar-refractivity contribution in [3.8, 4) is 5.75 Å². The van der Waals surface area contributed by atoms with E-state index < -0.39 is 10.8 Å². The zero-order valence-electron chi connectivity index (χ0n) is 15.4. The van der Waals surface area contributed by atoms with Gasteiger partial charge >= 0.3 is 0 Å². The van der Waals surface area contributed by atoms with Crippen molar-refractivity contribution in [2.45, 2.75) is 6.61 Å². The second-order valence-electron chi connectivity index (χ2n) is 6.24. The number of amides is 1. The summed E-state index contributed by atoms with van der Waals surface area (Å²) in [6.07, 6.45) is 0. The van der Waals surface area contributed by atoms with Crippen molar-refractivity contribution in [3.63, 3.8) is 0 Å². The standard InChI is InChI=1S/C20H16N4O5/c1-23-17-5-3-2-4-16(17)21-20(23)22-19(25)18-11-10-15(29-18)12-28-14-8-6-13(7-9-14)24(26)27/h2-11H,12H2,1H3,(H,21,22,25). The van der Waals surface area contributed by atoms with Crippen LogP contribution < -0.4 is 10.1 Å². The van der Waals surface area contributed by atoms with Crippen LogP contribution in [0.25, 0.3) is 11.0 Å². The molecule has 0 radical (unpaired) electrons. The second-order valence-corrected chi connectivity index (χ2v) is 6.24. The molecule has 2 aromatic heterocycles. The minimum Gasteiger partial charge on any atom is -0.486 e. The quantitative estimate of drug-likeness (QED) is 0.393. The minimum atomic E-state index is -0.480. The second kappa shape index (κ2) is 7.47. The van der Waals surface area contributed by atoms with E-state index in [1.54, 1.807) is 16.7 Å². The summed E-state index contributed by atoms with van der Waals surface area (Å²) in [5, 5.41) is 13.4. The number of rotatable bonds is 6. The van der Waals surface area contributed by atoms with Crippen LogP contribution in [-0.4, -0.2) is 20.4 Å². The number of non-ortho nitro benzene ring substituents is 1. The zero-order valence-corrected chi connectivity index (χ0v) is 15.4. The van der Waals surface area contributed by atoms with Crippen LogP contribution in [0.15, 0.2) is 65.1 Å². The Kier molecular flexibility index (Phi) is 4.70. The lowest BCUT2D eigenvalue weighted by molar-refractivity contribution is -0.384. The third-order valence-corrected chi connectivity index (χ3v) is 4.33. The smallest absolute Gasteiger partial charge is 0.293 e. The highest BCUT2D eigenvalue weighted by Crippen LogP contribution is 2.20. The number of hydrogen-bond donors (Lipinski definition) is 1. The Labute approximate surface area is 164 Å². The van der Waals surface area contributed by atoms with Crippen LogP contribution in [0.5, 0.6) is 5.75 Å².